The van der Waals surface area contributed by atoms with Crippen molar-refractivity contribution < 1.29 is 13.9 Å². The molecule has 136 valence electrons. The molecule has 3 aromatic rings. The topological polar surface area (TPSA) is 61.5 Å². The molecular weight excluding hydrogens is 330 g/mol. The lowest BCUT2D eigenvalue weighted by Gasteiger charge is -2.30. The Bertz CT molecular complexity index is 828. The first-order valence-corrected chi connectivity index (χ1v) is 8.91. The summed E-state index contributed by atoms with van der Waals surface area (Å²) in [6.07, 6.45) is 5.69. The molecule has 0 unspecified atom stereocenters. The van der Waals surface area contributed by atoms with Gasteiger partial charge in [0.05, 0.1) is 24.8 Å². The van der Waals surface area contributed by atoms with Crippen LogP contribution in [-0.4, -0.2) is 22.2 Å². The Kier molecular flexibility index (Phi) is 5.04. The van der Waals surface area contributed by atoms with Gasteiger partial charge in [0.25, 0.3) is 5.95 Å². The normalized spacial score (nSPS) is 20.2. The molecule has 0 amide bonds. The summed E-state index contributed by atoms with van der Waals surface area (Å²) >= 11 is 0. The van der Waals surface area contributed by atoms with Gasteiger partial charge < -0.3 is 23.8 Å². The van der Waals surface area contributed by atoms with Gasteiger partial charge in [-0.2, -0.15) is 0 Å². The van der Waals surface area contributed by atoms with Crippen LogP contribution in [0.2, 0.25) is 0 Å². The average Bonchev–Trinajstić information content (AvgIpc) is 3.30. The molecule has 4 rings (SSSR count). The summed E-state index contributed by atoms with van der Waals surface area (Å²) in [4.78, 5) is 4.19. The highest BCUT2D eigenvalue weighted by atomic mass is 16.6. The van der Waals surface area contributed by atoms with Crippen LogP contribution in [0, 0.1) is 0 Å². The van der Waals surface area contributed by atoms with E-state index in [-0.39, 0.29) is 6.10 Å². The van der Waals surface area contributed by atoms with E-state index in [2.05, 4.69) is 10.3 Å². The summed E-state index contributed by atoms with van der Waals surface area (Å²) in [7, 11) is 2.00. The largest absolute Gasteiger partial charge is 0.429 e. The first kappa shape index (κ1) is 16.9. The summed E-state index contributed by atoms with van der Waals surface area (Å²) in [6.45, 7) is 1.41. The molecular formula is C20H23N3O3. The summed E-state index contributed by atoms with van der Waals surface area (Å²) in [5.41, 5.74) is 1.12. The summed E-state index contributed by atoms with van der Waals surface area (Å²) in [5.74, 6) is 2.14. The number of ether oxygens (including phenoxy) is 2. The second kappa shape index (κ2) is 7.76. The zero-order chi connectivity index (χ0) is 17.8. The maximum absolute atomic E-state index is 5.91. The van der Waals surface area contributed by atoms with E-state index in [4.69, 9.17) is 13.9 Å². The molecule has 1 saturated heterocycles. The van der Waals surface area contributed by atoms with E-state index in [9.17, 15) is 0 Å². The van der Waals surface area contributed by atoms with Crippen molar-refractivity contribution >= 4 is 0 Å². The van der Waals surface area contributed by atoms with Crippen molar-refractivity contribution in [2.24, 2.45) is 7.05 Å². The van der Waals surface area contributed by atoms with Crippen molar-refractivity contribution in [3.05, 3.63) is 66.4 Å². The standard InChI is InChI=1S/C20H23N3O3/c1-23-14-21-13-18(23)19-11-15(9-10-24-19)22-12-17-7-8-20(26-17)25-16-5-3-2-4-6-16/h2-8,13-15,19,22H,9-12H2,1H3/t15-,19+/m1/s1. The van der Waals surface area contributed by atoms with Gasteiger partial charge in [0.15, 0.2) is 0 Å². The van der Waals surface area contributed by atoms with Crippen molar-refractivity contribution in [1.82, 2.24) is 14.9 Å². The summed E-state index contributed by atoms with van der Waals surface area (Å²) in [6, 6.07) is 13.8. The Labute approximate surface area is 152 Å². The van der Waals surface area contributed by atoms with Crippen molar-refractivity contribution in [3.8, 4) is 11.7 Å². The Hall–Kier alpha value is -2.57. The maximum atomic E-state index is 5.91. The highest BCUT2D eigenvalue weighted by molar-refractivity contribution is 5.26. The molecule has 1 aliphatic heterocycles. The fourth-order valence-corrected chi connectivity index (χ4v) is 3.22. The molecule has 0 bridgehead atoms. The molecule has 6 nitrogen and oxygen atoms in total. The Morgan fingerprint density at radius 3 is 2.92 bits per heavy atom. The second-order valence-electron chi connectivity index (χ2n) is 6.53. The Morgan fingerprint density at radius 1 is 1.23 bits per heavy atom. The van der Waals surface area contributed by atoms with Crippen LogP contribution in [0.1, 0.15) is 30.4 Å². The lowest BCUT2D eigenvalue weighted by Crippen LogP contribution is -2.36. The van der Waals surface area contributed by atoms with Gasteiger partial charge in [0.2, 0.25) is 0 Å². The van der Waals surface area contributed by atoms with Crippen LogP contribution >= 0.6 is 0 Å². The number of hydrogen-bond donors (Lipinski definition) is 1. The minimum atomic E-state index is 0.0855. The third-order valence-corrected chi connectivity index (χ3v) is 4.63. The van der Waals surface area contributed by atoms with Crippen molar-refractivity contribution in [3.63, 3.8) is 0 Å². The van der Waals surface area contributed by atoms with E-state index in [1.54, 1.807) is 0 Å². The van der Waals surface area contributed by atoms with Gasteiger partial charge in [-0.3, -0.25) is 0 Å². The Morgan fingerprint density at radius 2 is 2.12 bits per heavy atom. The minimum absolute atomic E-state index is 0.0855. The molecule has 1 aliphatic rings. The van der Waals surface area contributed by atoms with Crippen LogP contribution < -0.4 is 10.1 Å². The molecule has 3 heterocycles. The zero-order valence-corrected chi connectivity index (χ0v) is 14.8. The number of rotatable bonds is 6. The number of benzene rings is 1. The molecule has 0 spiro atoms. The number of para-hydroxylation sites is 1. The molecule has 0 aliphatic carbocycles. The van der Waals surface area contributed by atoms with Gasteiger partial charge in [-0.1, -0.05) is 18.2 Å². The fourth-order valence-electron chi connectivity index (χ4n) is 3.22. The van der Waals surface area contributed by atoms with Crippen LogP contribution in [0.5, 0.6) is 11.7 Å². The minimum Gasteiger partial charge on any atom is -0.429 e. The lowest BCUT2D eigenvalue weighted by molar-refractivity contribution is -0.00432. The van der Waals surface area contributed by atoms with E-state index >= 15 is 0 Å². The third kappa shape index (κ3) is 3.98. The molecule has 2 atom stereocenters. The van der Waals surface area contributed by atoms with Crippen molar-refractivity contribution in [2.75, 3.05) is 6.61 Å². The van der Waals surface area contributed by atoms with E-state index in [1.165, 1.54) is 0 Å². The number of imidazole rings is 1. The van der Waals surface area contributed by atoms with E-state index < -0.39 is 0 Å². The summed E-state index contributed by atoms with van der Waals surface area (Å²) < 4.78 is 19.4. The predicted octanol–water partition coefficient (Wildman–Crippen LogP) is 3.82. The Balaban J connectivity index is 1.31. The van der Waals surface area contributed by atoms with Gasteiger partial charge >= 0.3 is 0 Å². The second-order valence-corrected chi connectivity index (χ2v) is 6.53. The average molecular weight is 353 g/mol. The van der Waals surface area contributed by atoms with E-state index in [1.807, 2.05) is 66.6 Å². The SMILES string of the molecule is Cn1cncc1[C@@H]1C[C@H](NCc2ccc(Oc3ccccc3)o2)CCO1. The van der Waals surface area contributed by atoms with E-state index in [0.29, 0.717) is 18.5 Å². The fraction of sp³-hybridized carbons (Fsp3) is 0.350. The smallest absolute Gasteiger partial charge is 0.290 e. The van der Waals surface area contributed by atoms with Crippen molar-refractivity contribution in [1.29, 1.82) is 0 Å². The zero-order valence-electron chi connectivity index (χ0n) is 14.8. The molecule has 1 fully saturated rings. The summed E-state index contributed by atoms with van der Waals surface area (Å²) in [5, 5.41) is 3.57. The first-order chi connectivity index (χ1) is 12.8. The van der Waals surface area contributed by atoms with E-state index in [0.717, 1.165) is 36.7 Å². The van der Waals surface area contributed by atoms with Crippen LogP contribution in [0.4, 0.5) is 0 Å². The molecule has 26 heavy (non-hydrogen) atoms. The molecule has 1 aromatic carbocycles. The molecule has 0 radical (unpaired) electrons. The van der Waals surface area contributed by atoms with Crippen LogP contribution in [0.3, 0.4) is 0 Å². The molecule has 1 N–H and O–H groups in total. The first-order valence-electron chi connectivity index (χ1n) is 8.91. The molecule has 0 saturated carbocycles. The predicted molar refractivity (Wildman–Crippen MR) is 97.0 cm³/mol. The van der Waals surface area contributed by atoms with Crippen LogP contribution in [0.15, 0.2) is 59.4 Å². The van der Waals surface area contributed by atoms with Gasteiger partial charge in [-0.15, -0.1) is 0 Å². The monoisotopic (exact) mass is 353 g/mol. The number of furan rings is 1. The van der Waals surface area contributed by atoms with Gasteiger partial charge in [-0.05, 0) is 31.0 Å². The molecule has 2 aromatic heterocycles. The van der Waals surface area contributed by atoms with Gasteiger partial charge in [-0.25, -0.2) is 4.98 Å². The maximum Gasteiger partial charge on any atom is 0.290 e. The number of nitrogens with zero attached hydrogens (tertiary/aromatic N) is 2. The number of aryl methyl sites for hydroxylation is 1. The molecule has 6 heteroatoms. The van der Waals surface area contributed by atoms with Crippen molar-refractivity contribution in [2.45, 2.75) is 31.5 Å². The van der Waals surface area contributed by atoms with Crippen LogP contribution in [-0.2, 0) is 18.3 Å². The van der Waals surface area contributed by atoms with Gasteiger partial charge in [0.1, 0.15) is 17.6 Å². The highest BCUT2D eigenvalue weighted by Gasteiger charge is 2.25. The number of hydrogen-bond acceptors (Lipinski definition) is 5. The number of nitrogens with one attached hydrogen (secondary N) is 1. The third-order valence-electron chi connectivity index (χ3n) is 4.63. The van der Waals surface area contributed by atoms with Crippen LogP contribution in [0.25, 0.3) is 0 Å². The number of aromatic nitrogens is 2. The van der Waals surface area contributed by atoms with Gasteiger partial charge in [0, 0.05) is 25.8 Å². The quantitative estimate of drug-likeness (QED) is 0.730. The lowest BCUT2D eigenvalue weighted by atomic mass is 10.0. The highest BCUT2D eigenvalue weighted by Crippen LogP contribution is 2.28.